The van der Waals surface area contributed by atoms with Gasteiger partial charge in [0.2, 0.25) is 5.91 Å². The smallest absolute Gasteiger partial charge is 0.231 e. The Labute approximate surface area is 184 Å². The van der Waals surface area contributed by atoms with Crippen molar-refractivity contribution in [2.24, 2.45) is 0 Å². The van der Waals surface area contributed by atoms with E-state index in [1.54, 1.807) is 22.8 Å². The first-order valence-electron chi connectivity index (χ1n) is 10.1. The van der Waals surface area contributed by atoms with Crippen molar-refractivity contribution in [2.75, 3.05) is 5.75 Å². The van der Waals surface area contributed by atoms with Gasteiger partial charge in [-0.1, -0.05) is 41.6 Å². The van der Waals surface area contributed by atoms with Crippen LogP contribution in [-0.4, -0.2) is 32.0 Å². The van der Waals surface area contributed by atoms with Crippen LogP contribution in [-0.2, 0) is 4.79 Å². The molecule has 6 nitrogen and oxygen atoms in total. The number of aromatic nitrogens is 3. The topological polar surface area (TPSA) is 83.6 Å². The summed E-state index contributed by atoms with van der Waals surface area (Å²) >= 11 is 1.21. The fourth-order valence-corrected chi connectivity index (χ4v) is 4.54. The first-order chi connectivity index (χ1) is 15.0. The third kappa shape index (κ3) is 4.47. The van der Waals surface area contributed by atoms with Crippen molar-refractivity contribution in [1.82, 2.24) is 20.1 Å². The Balaban J connectivity index is 1.62. The number of rotatable bonds is 6. The number of carbonyl (C=O) groups excluding carboxylic acids is 1. The van der Waals surface area contributed by atoms with E-state index in [0.717, 1.165) is 24.1 Å². The van der Waals surface area contributed by atoms with Gasteiger partial charge in [-0.15, -0.1) is 10.2 Å². The Morgan fingerprint density at radius 2 is 1.90 bits per heavy atom. The molecule has 0 aliphatic heterocycles. The molecule has 31 heavy (non-hydrogen) atoms. The normalized spacial score (nSPS) is 14.9. The van der Waals surface area contributed by atoms with Crippen molar-refractivity contribution in [3.63, 3.8) is 0 Å². The number of benzene rings is 2. The van der Waals surface area contributed by atoms with Crippen LogP contribution in [0.15, 0.2) is 53.7 Å². The molecule has 1 N–H and O–H groups in total. The highest BCUT2D eigenvalue weighted by atomic mass is 32.2. The van der Waals surface area contributed by atoms with Gasteiger partial charge in [-0.05, 0) is 56.9 Å². The molecule has 4 rings (SSSR count). The molecule has 158 valence electrons. The molecule has 0 spiro atoms. The minimum absolute atomic E-state index is 0.0880. The minimum atomic E-state index is -0.763. The lowest BCUT2D eigenvalue weighted by atomic mass is 10.0. The number of amides is 1. The quantitative estimate of drug-likeness (QED) is 0.579. The Kier molecular flexibility index (Phi) is 6.05. The van der Waals surface area contributed by atoms with Crippen LogP contribution in [0.4, 0.5) is 4.39 Å². The second kappa shape index (κ2) is 8.90. The van der Waals surface area contributed by atoms with E-state index in [1.807, 2.05) is 31.2 Å². The molecule has 1 aliphatic rings. The zero-order chi connectivity index (χ0) is 21.8. The summed E-state index contributed by atoms with van der Waals surface area (Å²) in [5.41, 5.74) is 1.44. The second-order valence-electron chi connectivity index (χ2n) is 7.69. The standard InChI is InChI=1S/C23H22FN5OS/c1-16-8-10-17(11-9-16)29-21(18-6-2-3-7-19(18)24)27-28-22(29)31-14-20(30)26-23(15-25)12-4-5-13-23/h2-3,6-11H,4-5,12-14H2,1H3,(H,26,30). The number of carbonyl (C=O) groups is 1. The number of nitriles is 1. The molecule has 2 aromatic carbocycles. The molecule has 1 fully saturated rings. The lowest BCUT2D eigenvalue weighted by Gasteiger charge is -2.21. The molecule has 0 atom stereocenters. The summed E-state index contributed by atoms with van der Waals surface area (Å²) in [7, 11) is 0. The first-order valence-corrected chi connectivity index (χ1v) is 11.1. The number of halogens is 1. The molecule has 0 bridgehead atoms. The van der Waals surface area contributed by atoms with Crippen LogP contribution >= 0.6 is 11.8 Å². The van der Waals surface area contributed by atoms with Crippen LogP contribution in [0.25, 0.3) is 17.1 Å². The van der Waals surface area contributed by atoms with Gasteiger partial charge in [-0.2, -0.15) is 5.26 Å². The van der Waals surface area contributed by atoms with E-state index in [2.05, 4.69) is 21.6 Å². The second-order valence-corrected chi connectivity index (χ2v) is 8.64. The highest BCUT2D eigenvalue weighted by Gasteiger charge is 2.35. The van der Waals surface area contributed by atoms with Crippen molar-refractivity contribution < 1.29 is 9.18 Å². The highest BCUT2D eigenvalue weighted by molar-refractivity contribution is 7.99. The average Bonchev–Trinajstić information content (AvgIpc) is 3.41. The summed E-state index contributed by atoms with van der Waals surface area (Å²) in [5.74, 6) is -0.159. The zero-order valence-electron chi connectivity index (χ0n) is 17.1. The molecule has 1 aliphatic carbocycles. The molecule has 0 saturated heterocycles. The first kappa shape index (κ1) is 21.1. The fourth-order valence-electron chi connectivity index (χ4n) is 3.78. The molecular formula is C23H22FN5OS. The van der Waals surface area contributed by atoms with Crippen LogP contribution < -0.4 is 5.32 Å². The van der Waals surface area contributed by atoms with Gasteiger partial charge in [0.05, 0.1) is 17.4 Å². The Morgan fingerprint density at radius 3 is 2.58 bits per heavy atom. The molecular weight excluding hydrogens is 413 g/mol. The summed E-state index contributed by atoms with van der Waals surface area (Å²) in [4.78, 5) is 12.6. The third-order valence-corrected chi connectivity index (χ3v) is 6.35. The number of hydrogen-bond donors (Lipinski definition) is 1. The van der Waals surface area contributed by atoms with Gasteiger partial charge in [0.15, 0.2) is 11.0 Å². The zero-order valence-corrected chi connectivity index (χ0v) is 18.0. The number of aryl methyl sites for hydroxylation is 1. The number of nitrogens with zero attached hydrogens (tertiary/aromatic N) is 4. The van der Waals surface area contributed by atoms with E-state index in [0.29, 0.717) is 29.4 Å². The van der Waals surface area contributed by atoms with E-state index in [4.69, 9.17) is 0 Å². The van der Waals surface area contributed by atoms with Gasteiger partial charge in [-0.25, -0.2) is 4.39 Å². The maximum atomic E-state index is 14.5. The van der Waals surface area contributed by atoms with E-state index >= 15 is 0 Å². The van der Waals surface area contributed by atoms with E-state index in [9.17, 15) is 14.4 Å². The largest absolute Gasteiger partial charge is 0.337 e. The summed E-state index contributed by atoms with van der Waals surface area (Å²) in [6, 6.07) is 16.4. The van der Waals surface area contributed by atoms with E-state index in [1.165, 1.54) is 17.8 Å². The number of thioether (sulfide) groups is 1. The Morgan fingerprint density at radius 1 is 1.19 bits per heavy atom. The molecule has 0 unspecified atom stereocenters. The van der Waals surface area contributed by atoms with Gasteiger partial charge in [0, 0.05) is 5.69 Å². The van der Waals surface area contributed by atoms with E-state index in [-0.39, 0.29) is 11.7 Å². The predicted molar refractivity (Wildman–Crippen MR) is 117 cm³/mol. The molecule has 3 aromatic rings. The monoisotopic (exact) mass is 435 g/mol. The fraction of sp³-hybridized carbons (Fsp3) is 0.304. The number of nitrogens with one attached hydrogen (secondary N) is 1. The molecule has 1 heterocycles. The van der Waals surface area contributed by atoms with Gasteiger partial charge in [0.25, 0.3) is 0 Å². The van der Waals surface area contributed by atoms with Gasteiger partial charge in [0.1, 0.15) is 11.4 Å². The summed E-state index contributed by atoms with van der Waals surface area (Å²) in [6.45, 7) is 1.99. The Bertz CT molecular complexity index is 1130. The van der Waals surface area contributed by atoms with Gasteiger partial charge < -0.3 is 5.32 Å². The van der Waals surface area contributed by atoms with Crippen LogP contribution in [0.3, 0.4) is 0 Å². The van der Waals surface area contributed by atoms with Crippen molar-refractivity contribution in [2.45, 2.75) is 43.3 Å². The molecule has 0 radical (unpaired) electrons. The molecule has 1 amide bonds. The maximum absolute atomic E-state index is 14.5. The van der Waals surface area contributed by atoms with Crippen molar-refractivity contribution >= 4 is 17.7 Å². The van der Waals surface area contributed by atoms with Gasteiger partial charge >= 0.3 is 0 Å². The predicted octanol–water partition coefficient (Wildman–Crippen LogP) is 4.43. The lowest BCUT2D eigenvalue weighted by Crippen LogP contribution is -2.45. The summed E-state index contributed by atoms with van der Waals surface area (Å²) in [6.07, 6.45) is 3.23. The van der Waals surface area contributed by atoms with E-state index < -0.39 is 11.4 Å². The SMILES string of the molecule is Cc1ccc(-n2c(SCC(=O)NC3(C#N)CCCC3)nnc2-c2ccccc2F)cc1. The lowest BCUT2D eigenvalue weighted by molar-refractivity contribution is -0.119. The van der Waals surface area contributed by atoms with Crippen LogP contribution in [0.2, 0.25) is 0 Å². The maximum Gasteiger partial charge on any atom is 0.231 e. The molecule has 1 aromatic heterocycles. The van der Waals surface area contributed by atoms with Gasteiger partial charge in [-0.3, -0.25) is 9.36 Å². The number of hydrogen-bond acceptors (Lipinski definition) is 5. The van der Waals surface area contributed by atoms with Crippen molar-refractivity contribution in [1.29, 1.82) is 5.26 Å². The van der Waals surface area contributed by atoms with Crippen LogP contribution in [0, 0.1) is 24.1 Å². The minimum Gasteiger partial charge on any atom is -0.337 e. The van der Waals surface area contributed by atoms with Crippen molar-refractivity contribution in [3.8, 4) is 23.1 Å². The van der Waals surface area contributed by atoms with Crippen molar-refractivity contribution in [3.05, 3.63) is 59.9 Å². The highest BCUT2D eigenvalue weighted by Crippen LogP contribution is 2.31. The summed E-state index contributed by atoms with van der Waals surface area (Å²) < 4.78 is 16.2. The molecule has 8 heteroatoms. The molecule has 1 saturated carbocycles. The average molecular weight is 436 g/mol. The van der Waals surface area contributed by atoms with Crippen LogP contribution in [0.1, 0.15) is 31.2 Å². The Hall–Kier alpha value is -3.18. The third-order valence-electron chi connectivity index (χ3n) is 5.42. The summed E-state index contributed by atoms with van der Waals surface area (Å²) in [5, 5.41) is 21.3. The van der Waals surface area contributed by atoms with Crippen LogP contribution in [0.5, 0.6) is 0 Å².